The molecule has 0 N–H and O–H groups in total. The maximum Gasteiger partial charge on any atom is 0.320 e. The molecular formula is C23H33Cl2N3O3. The number of rotatable bonds is 6. The van der Waals surface area contributed by atoms with Crippen molar-refractivity contribution in [3.8, 4) is 0 Å². The van der Waals surface area contributed by atoms with Crippen LogP contribution in [-0.4, -0.2) is 84.0 Å². The lowest BCUT2D eigenvalue weighted by Gasteiger charge is -2.42. The molecular weight excluding hydrogens is 437 g/mol. The van der Waals surface area contributed by atoms with Gasteiger partial charge in [0, 0.05) is 26.2 Å². The Kier molecular flexibility index (Phi) is 8.25. The van der Waals surface area contributed by atoms with Crippen LogP contribution in [0.15, 0.2) is 18.2 Å². The van der Waals surface area contributed by atoms with Crippen LogP contribution in [0.25, 0.3) is 0 Å². The minimum atomic E-state index is -0.496. The maximum atomic E-state index is 13.2. The summed E-state index contributed by atoms with van der Waals surface area (Å²) in [5.74, 6) is -0.137. The molecule has 0 aliphatic carbocycles. The summed E-state index contributed by atoms with van der Waals surface area (Å²) < 4.78 is 5.49. The largest absolute Gasteiger partial charge is 0.459 e. The molecule has 3 rings (SSSR count). The van der Waals surface area contributed by atoms with E-state index >= 15 is 0 Å². The summed E-state index contributed by atoms with van der Waals surface area (Å²) in [5.41, 5.74) is 0.361. The fourth-order valence-corrected chi connectivity index (χ4v) is 4.61. The molecule has 0 radical (unpaired) electrons. The molecule has 0 saturated carbocycles. The van der Waals surface area contributed by atoms with E-state index in [4.69, 9.17) is 27.9 Å². The molecule has 0 unspecified atom stereocenters. The van der Waals surface area contributed by atoms with E-state index in [-0.39, 0.29) is 24.5 Å². The Morgan fingerprint density at radius 3 is 2.39 bits per heavy atom. The lowest BCUT2D eigenvalue weighted by molar-refractivity contribution is -0.157. The SMILES string of the molecule is CC(C)(C)OC(=O)CN1CCN(C(=O)Cc2ccc(Cl)c(Cl)c2)[C@H](CN2CCCC2)C1. The van der Waals surface area contributed by atoms with Crippen molar-refractivity contribution in [2.24, 2.45) is 0 Å². The molecule has 0 aromatic heterocycles. The number of hydrogen-bond donors (Lipinski definition) is 0. The average molecular weight is 470 g/mol. The molecule has 172 valence electrons. The lowest BCUT2D eigenvalue weighted by Crippen LogP contribution is -2.59. The summed E-state index contributed by atoms with van der Waals surface area (Å²) in [5, 5.41) is 0.947. The Hall–Kier alpha value is -1.34. The van der Waals surface area contributed by atoms with Gasteiger partial charge in [-0.05, 0) is 64.4 Å². The third-order valence-electron chi connectivity index (χ3n) is 5.67. The highest BCUT2D eigenvalue weighted by molar-refractivity contribution is 6.42. The molecule has 2 heterocycles. The van der Waals surface area contributed by atoms with Crippen molar-refractivity contribution >= 4 is 35.1 Å². The number of esters is 1. The predicted molar refractivity (Wildman–Crippen MR) is 124 cm³/mol. The quantitative estimate of drug-likeness (QED) is 0.596. The van der Waals surface area contributed by atoms with Gasteiger partial charge in [-0.3, -0.25) is 14.5 Å². The molecule has 1 aromatic rings. The van der Waals surface area contributed by atoms with Crippen molar-refractivity contribution in [1.82, 2.24) is 14.7 Å². The molecule has 2 fully saturated rings. The number of ether oxygens (including phenoxy) is 1. The number of nitrogens with zero attached hydrogens (tertiary/aromatic N) is 3. The minimum Gasteiger partial charge on any atom is -0.459 e. The first-order valence-electron chi connectivity index (χ1n) is 11.0. The summed E-state index contributed by atoms with van der Waals surface area (Å²) in [7, 11) is 0. The highest BCUT2D eigenvalue weighted by Crippen LogP contribution is 2.24. The molecule has 8 heteroatoms. The van der Waals surface area contributed by atoms with E-state index in [1.807, 2.05) is 31.7 Å². The van der Waals surface area contributed by atoms with Gasteiger partial charge in [-0.2, -0.15) is 0 Å². The summed E-state index contributed by atoms with van der Waals surface area (Å²) in [4.78, 5) is 32.0. The smallest absolute Gasteiger partial charge is 0.320 e. The van der Waals surface area contributed by atoms with Gasteiger partial charge in [0.15, 0.2) is 0 Å². The number of amides is 1. The van der Waals surface area contributed by atoms with Gasteiger partial charge in [-0.25, -0.2) is 0 Å². The number of carbonyl (C=O) groups excluding carboxylic acids is 2. The van der Waals surface area contributed by atoms with E-state index in [9.17, 15) is 9.59 Å². The van der Waals surface area contributed by atoms with Crippen LogP contribution >= 0.6 is 23.2 Å². The van der Waals surface area contributed by atoms with Crippen LogP contribution < -0.4 is 0 Å². The van der Waals surface area contributed by atoms with Crippen LogP contribution in [0.5, 0.6) is 0 Å². The van der Waals surface area contributed by atoms with Crippen LogP contribution in [0.1, 0.15) is 39.2 Å². The molecule has 1 aromatic carbocycles. The van der Waals surface area contributed by atoms with Crippen molar-refractivity contribution in [2.75, 3.05) is 45.8 Å². The van der Waals surface area contributed by atoms with E-state index in [0.717, 1.165) is 25.2 Å². The second-order valence-electron chi connectivity index (χ2n) is 9.50. The predicted octanol–water partition coefficient (Wildman–Crippen LogP) is 3.49. The Balaban J connectivity index is 1.65. The van der Waals surface area contributed by atoms with Crippen molar-refractivity contribution in [3.63, 3.8) is 0 Å². The van der Waals surface area contributed by atoms with Crippen LogP contribution in [0.3, 0.4) is 0 Å². The van der Waals surface area contributed by atoms with Gasteiger partial charge in [-0.15, -0.1) is 0 Å². The zero-order valence-electron chi connectivity index (χ0n) is 18.7. The molecule has 31 heavy (non-hydrogen) atoms. The van der Waals surface area contributed by atoms with E-state index in [1.165, 1.54) is 12.8 Å². The number of benzene rings is 1. The van der Waals surface area contributed by atoms with E-state index in [0.29, 0.717) is 36.1 Å². The number of likely N-dealkylation sites (tertiary alicyclic amines) is 1. The second-order valence-corrected chi connectivity index (χ2v) is 10.3. The molecule has 6 nitrogen and oxygen atoms in total. The van der Waals surface area contributed by atoms with Gasteiger partial charge in [0.05, 0.1) is 29.1 Å². The average Bonchev–Trinajstić information content (AvgIpc) is 3.16. The number of piperazine rings is 1. The first-order chi connectivity index (χ1) is 14.6. The van der Waals surface area contributed by atoms with Gasteiger partial charge in [-0.1, -0.05) is 29.3 Å². The number of hydrogen-bond acceptors (Lipinski definition) is 5. The first kappa shape index (κ1) is 24.3. The van der Waals surface area contributed by atoms with E-state index in [1.54, 1.807) is 12.1 Å². The van der Waals surface area contributed by atoms with Gasteiger partial charge in [0.2, 0.25) is 5.91 Å². The third kappa shape index (κ3) is 7.35. The Morgan fingerprint density at radius 1 is 1.03 bits per heavy atom. The Morgan fingerprint density at radius 2 is 1.74 bits per heavy atom. The van der Waals surface area contributed by atoms with Crippen molar-refractivity contribution in [3.05, 3.63) is 33.8 Å². The van der Waals surface area contributed by atoms with Gasteiger partial charge < -0.3 is 14.5 Å². The highest BCUT2D eigenvalue weighted by Gasteiger charge is 2.33. The van der Waals surface area contributed by atoms with Crippen molar-refractivity contribution < 1.29 is 14.3 Å². The van der Waals surface area contributed by atoms with Gasteiger partial charge >= 0.3 is 5.97 Å². The molecule has 0 bridgehead atoms. The topological polar surface area (TPSA) is 53.1 Å². The van der Waals surface area contributed by atoms with E-state index in [2.05, 4.69) is 9.80 Å². The van der Waals surface area contributed by atoms with Crippen molar-refractivity contribution in [2.45, 2.75) is 51.7 Å². The monoisotopic (exact) mass is 469 g/mol. The summed E-state index contributed by atoms with van der Waals surface area (Å²) in [6, 6.07) is 5.38. The van der Waals surface area contributed by atoms with Crippen LogP contribution in [-0.2, 0) is 20.7 Å². The summed E-state index contributed by atoms with van der Waals surface area (Å²) >= 11 is 12.1. The number of halogens is 2. The van der Waals surface area contributed by atoms with Crippen LogP contribution in [0, 0.1) is 0 Å². The molecule has 1 amide bonds. The molecule has 1 atom stereocenters. The summed E-state index contributed by atoms with van der Waals surface area (Å²) in [6.07, 6.45) is 2.69. The van der Waals surface area contributed by atoms with Crippen LogP contribution in [0.4, 0.5) is 0 Å². The minimum absolute atomic E-state index is 0.0459. The second kappa shape index (κ2) is 10.5. The number of carbonyl (C=O) groups is 2. The zero-order chi connectivity index (χ0) is 22.6. The standard InChI is InChI=1S/C23H33Cl2N3O3/c1-23(2,3)31-22(30)16-27-10-11-28(18(15-27)14-26-8-4-5-9-26)21(29)13-17-6-7-19(24)20(25)12-17/h6-7,12,18H,4-5,8-11,13-16H2,1-3H3/t18-/m1/s1. The molecule has 2 aliphatic rings. The molecule has 0 spiro atoms. The fraction of sp³-hybridized carbons (Fsp3) is 0.652. The Bertz CT molecular complexity index is 791. The summed E-state index contributed by atoms with van der Waals surface area (Å²) in [6.45, 7) is 10.8. The van der Waals surface area contributed by atoms with Gasteiger partial charge in [0.25, 0.3) is 0 Å². The fourth-order valence-electron chi connectivity index (χ4n) is 4.29. The Labute approximate surface area is 195 Å². The highest BCUT2D eigenvalue weighted by atomic mass is 35.5. The zero-order valence-corrected chi connectivity index (χ0v) is 20.2. The lowest BCUT2D eigenvalue weighted by atomic mass is 10.1. The van der Waals surface area contributed by atoms with E-state index < -0.39 is 5.60 Å². The maximum absolute atomic E-state index is 13.2. The normalized spacial score (nSPS) is 20.8. The van der Waals surface area contributed by atoms with Crippen molar-refractivity contribution in [1.29, 1.82) is 0 Å². The first-order valence-corrected chi connectivity index (χ1v) is 11.8. The molecule has 2 aliphatic heterocycles. The molecule has 2 saturated heterocycles. The third-order valence-corrected chi connectivity index (χ3v) is 6.41. The van der Waals surface area contributed by atoms with Crippen LogP contribution in [0.2, 0.25) is 10.0 Å². The van der Waals surface area contributed by atoms with Gasteiger partial charge in [0.1, 0.15) is 5.60 Å².